The fraction of sp³-hybridized carbons (Fsp3) is 0.333. The smallest absolute Gasteiger partial charge is 0.124 e. The second-order valence-electron chi connectivity index (χ2n) is 12.7. The van der Waals surface area contributed by atoms with Gasteiger partial charge >= 0.3 is 0 Å². The van der Waals surface area contributed by atoms with Crippen LogP contribution < -0.4 is 0 Å². The van der Waals surface area contributed by atoms with Crippen LogP contribution in [0.25, 0.3) is 0 Å². The summed E-state index contributed by atoms with van der Waals surface area (Å²) in [5.74, 6) is 1.62. The Labute approximate surface area is 257 Å². The van der Waals surface area contributed by atoms with Gasteiger partial charge in [0, 0.05) is 23.6 Å². The molecule has 4 aromatic rings. The molecular weight excluding hydrogens is 528 g/mol. The Balaban J connectivity index is 1.79. The molecule has 0 bridgehead atoms. The van der Waals surface area contributed by atoms with Gasteiger partial charge in [0.2, 0.25) is 0 Å². The molecule has 0 unspecified atom stereocenters. The van der Waals surface area contributed by atoms with Crippen molar-refractivity contribution in [3.05, 3.63) is 117 Å². The second kappa shape index (κ2) is 13.9. The van der Waals surface area contributed by atoms with E-state index in [-0.39, 0.29) is 35.2 Å². The Morgan fingerprint density at radius 2 is 0.814 bits per heavy atom. The van der Waals surface area contributed by atoms with Gasteiger partial charge in [0.05, 0.1) is 11.4 Å². The van der Waals surface area contributed by atoms with Crippen LogP contribution in [0.2, 0.25) is 0 Å². The number of benzene rings is 4. The maximum absolute atomic E-state index is 10.3. The zero-order valence-electron chi connectivity index (χ0n) is 26.9. The normalized spacial score (nSPS) is 12.2. The van der Waals surface area contributed by atoms with Gasteiger partial charge in [-0.15, -0.1) is 0 Å². The maximum Gasteiger partial charge on any atom is 0.124 e. The summed E-state index contributed by atoms with van der Waals surface area (Å²) < 4.78 is 0. The molecule has 0 aliphatic rings. The fourth-order valence-electron chi connectivity index (χ4n) is 5.45. The largest absolute Gasteiger partial charge is 0.507 e. The van der Waals surface area contributed by atoms with Crippen molar-refractivity contribution in [1.82, 2.24) is 0 Å². The maximum atomic E-state index is 10.3. The van der Waals surface area contributed by atoms with E-state index in [9.17, 15) is 10.2 Å². The first-order valence-corrected chi connectivity index (χ1v) is 15.4. The molecule has 0 saturated heterocycles. The Bertz CT molecular complexity index is 1450. The number of para-hydroxylation sites is 2. The highest BCUT2D eigenvalue weighted by Crippen LogP contribution is 2.39. The zero-order chi connectivity index (χ0) is 31.3. The molecule has 0 aliphatic heterocycles. The van der Waals surface area contributed by atoms with Gasteiger partial charge in [0.25, 0.3) is 0 Å². The van der Waals surface area contributed by atoms with Gasteiger partial charge in [-0.2, -0.15) is 0 Å². The summed E-state index contributed by atoms with van der Waals surface area (Å²) in [5, 5.41) is 20.6. The molecule has 0 atom stereocenters. The van der Waals surface area contributed by atoms with Crippen LogP contribution in [0, 0.1) is 0 Å². The van der Waals surface area contributed by atoms with Crippen LogP contribution in [-0.2, 0) is 6.42 Å². The fourth-order valence-corrected chi connectivity index (χ4v) is 5.45. The standard InChI is InChI=1S/C39H46N2O2/c1-24(2)32-18-28(19-33(25(3)4)38(32)40-22-30-13-9-11-15-36(30)42)17-29-20-34(26(5)6)39(35(21-29)27(7)8)41-23-31-14-10-12-16-37(31)43/h9-16,18-27,42-43H,17H2,1-8H3. The van der Waals surface area contributed by atoms with Gasteiger partial charge < -0.3 is 10.2 Å². The third kappa shape index (κ3) is 7.62. The van der Waals surface area contributed by atoms with Crippen LogP contribution in [0.1, 0.15) is 124 Å². The lowest BCUT2D eigenvalue weighted by molar-refractivity contribution is 0.474. The van der Waals surface area contributed by atoms with E-state index >= 15 is 0 Å². The number of hydrogen-bond acceptors (Lipinski definition) is 4. The highest BCUT2D eigenvalue weighted by atomic mass is 16.3. The molecule has 4 aromatic carbocycles. The minimum absolute atomic E-state index is 0.232. The Kier molecular flexibility index (Phi) is 10.2. The molecule has 4 nitrogen and oxygen atoms in total. The summed E-state index contributed by atoms with van der Waals surface area (Å²) in [6, 6.07) is 23.8. The van der Waals surface area contributed by atoms with E-state index < -0.39 is 0 Å². The van der Waals surface area contributed by atoms with Crippen molar-refractivity contribution in [1.29, 1.82) is 0 Å². The molecule has 0 fully saturated rings. The molecule has 43 heavy (non-hydrogen) atoms. The van der Waals surface area contributed by atoms with Gasteiger partial charge in [-0.1, -0.05) is 104 Å². The highest BCUT2D eigenvalue weighted by molar-refractivity contribution is 5.87. The zero-order valence-corrected chi connectivity index (χ0v) is 26.9. The van der Waals surface area contributed by atoms with Crippen LogP contribution >= 0.6 is 0 Å². The van der Waals surface area contributed by atoms with E-state index in [0.29, 0.717) is 11.1 Å². The highest BCUT2D eigenvalue weighted by Gasteiger charge is 2.19. The van der Waals surface area contributed by atoms with Crippen molar-refractivity contribution in [3.63, 3.8) is 0 Å². The number of aromatic hydroxyl groups is 2. The monoisotopic (exact) mass is 574 g/mol. The van der Waals surface area contributed by atoms with Crippen molar-refractivity contribution in [2.24, 2.45) is 9.98 Å². The Morgan fingerprint density at radius 3 is 1.09 bits per heavy atom. The molecule has 0 radical (unpaired) electrons. The number of hydrogen-bond donors (Lipinski definition) is 2. The summed E-state index contributed by atoms with van der Waals surface area (Å²) in [5.41, 5.74) is 10.8. The quantitative estimate of drug-likeness (QED) is 0.185. The molecule has 0 aliphatic carbocycles. The number of aliphatic imine (C=N–C) groups is 2. The van der Waals surface area contributed by atoms with Crippen molar-refractivity contribution < 1.29 is 10.2 Å². The van der Waals surface area contributed by atoms with Crippen molar-refractivity contribution in [2.45, 2.75) is 85.5 Å². The van der Waals surface area contributed by atoms with Crippen LogP contribution in [0.4, 0.5) is 11.4 Å². The molecule has 224 valence electrons. The summed E-state index contributed by atoms with van der Waals surface area (Å²) in [6.07, 6.45) is 4.37. The third-order valence-corrected chi connectivity index (χ3v) is 7.89. The molecular formula is C39H46N2O2. The van der Waals surface area contributed by atoms with E-state index in [1.54, 1.807) is 24.6 Å². The average molecular weight is 575 g/mol. The van der Waals surface area contributed by atoms with E-state index in [1.807, 2.05) is 36.4 Å². The van der Waals surface area contributed by atoms with Gasteiger partial charge in [-0.3, -0.25) is 9.98 Å². The molecule has 0 heterocycles. The third-order valence-electron chi connectivity index (χ3n) is 7.89. The van der Waals surface area contributed by atoms with Gasteiger partial charge in [0.15, 0.2) is 0 Å². The van der Waals surface area contributed by atoms with Crippen molar-refractivity contribution in [2.75, 3.05) is 0 Å². The number of rotatable bonds is 10. The van der Waals surface area contributed by atoms with Crippen LogP contribution in [0.3, 0.4) is 0 Å². The molecule has 4 heteroatoms. The molecule has 0 aromatic heterocycles. The van der Waals surface area contributed by atoms with Gasteiger partial charge in [-0.05, 0) is 87.7 Å². The van der Waals surface area contributed by atoms with E-state index in [2.05, 4.69) is 79.7 Å². The summed E-state index contributed by atoms with van der Waals surface area (Å²) in [6.45, 7) is 17.7. The average Bonchev–Trinajstić information content (AvgIpc) is 2.96. The molecule has 4 rings (SSSR count). The number of nitrogens with zero attached hydrogens (tertiary/aromatic N) is 2. The second-order valence-corrected chi connectivity index (χ2v) is 12.7. The summed E-state index contributed by atoms with van der Waals surface area (Å²) in [4.78, 5) is 9.89. The molecule has 0 saturated carbocycles. The molecule has 0 spiro atoms. The molecule has 0 amide bonds. The number of phenols is 2. The Morgan fingerprint density at radius 1 is 0.512 bits per heavy atom. The van der Waals surface area contributed by atoms with Crippen molar-refractivity contribution >= 4 is 23.8 Å². The predicted octanol–water partition coefficient (Wildman–Crippen LogP) is 10.7. The first-order chi connectivity index (χ1) is 20.5. The SMILES string of the molecule is CC(C)c1cc(Cc2cc(C(C)C)c(N=Cc3ccccc3O)c(C(C)C)c2)cc(C(C)C)c1N=Cc1ccccc1O. The van der Waals surface area contributed by atoms with Crippen LogP contribution in [0.5, 0.6) is 11.5 Å². The van der Waals surface area contributed by atoms with Gasteiger partial charge in [0.1, 0.15) is 11.5 Å². The summed E-state index contributed by atoms with van der Waals surface area (Å²) >= 11 is 0. The van der Waals surface area contributed by atoms with Gasteiger partial charge in [-0.25, -0.2) is 0 Å². The lowest BCUT2D eigenvalue weighted by Gasteiger charge is -2.21. The lowest BCUT2D eigenvalue weighted by Crippen LogP contribution is -2.03. The first kappa shape index (κ1) is 31.7. The van der Waals surface area contributed by atoms with Crippen molar-refractivity contribution in [3.8, 4) is 11.5 Å². The molecule has 2 N–H and O–H groups in total. The van der Waals surface area contributed by atoms with E-state index in [0.717, 1.165) is 17.8 Å². The van der Waals surface area contributed by atoms with Crippen LogP contribution in [-0.4, -0.2) is 22.6 Å². The number of phenolic OH excluding ortho intramolecular Hbond substituents is 2. The van der Waals surface area contributed by atoms with E-state index in [4.69, 9.17) is 9.98 Å². The van der Waals surface area contributed by atoms with E-state index in [1.165, 1.54) is 33.4 Å². The summed E-state index contributed by atoms with van der Waals surface area (Å²) in [7, 11) is 0. The van der Waals surface area contributed by atoms with Crippen LogP contribution in [0.15, 0.2) is 82.8 Å². The first-order valence-electron chi connectivity index (χ1n) is 15.4. The Hall–Kier alpha value is -4.18. The topological polar surface area (TPSA) is 65.2 Å². The lowest BCUT2D eigenvalue weighted by atomic mass is 9.86. The predicted molar refractivity (Wildman–Crippen MR) is 183 cm³/mol. The minimum atomic E-state index is 0.232. The minimum Gasteiger partial charge on any atom is -0.507 e.